The molecule has 25 heavy (non-hydrogen) atoms. The van der Waals surface area contributed by atoms with Gasteiger partial charge >= 0.3 is 6.03 Å². The Bertz CT molecular complexity index is 674. The van der Waals surface area contributed by atoms with Crippen LogP contribution in [0.2, 0.25) is 0 Å². The van der Waals surface area contributed by atoms with Gasteiger partial charge in [-0.3, -0.25) is 0 Å². The molecule has 7 heteroatoms. The number of methoxy groups -OCH3 is 2. The second kappa shape index (κ2) is 9.29. The van der Waals surface area contributed by atoms with E-state index in [1.54, 1.807) is 25.6 Å². The molecule has 0 spiro atoms. The lowest BCUT2D eigenvalue weighted by Crippen LogP contribution is -2.40. The summed E-state index contributed by atoms with van der Waals surface area (Å²) in [6, 6.07) is 9.65. The first-order chi connectivity index (χ1) is 12.0. The molecule has 1 aromatic heterocycles. The molecule has 136 valence electrons. The summed E-state index contributed by atoms with van der Waals surface area (Å²) < 4.78 is 10.5. The molecule has 0 fully saturated rings. The minimum Gasteiger partial charge on any atom is -0.493 e. The highest BCUT2D eigenvalue weighted by atomic mass is 32.1. The topological polar surface area (TPSA) is 62.8 Å². The smallest absolute Gasteiger partial charge is 0.315 e. The van der Waals surface area contributed by atoms with Crippen LogP contribution in [0.25, 0.3) is 0 Å². The molecule has 2 amide bonds. The molecule has 1 heterocycles. The summed E-state index contributed by atoms with van der Waals surface area (Å²) in [5.41, 5.74) is 0.940. The lowest BCUT2D eigenvalue weighted by Gasteiger charge is -2.23. The Labute approximate surface area is 152 Å². The molecule has 1 unspecified atom stereocenters. The molecule has 6 nitrogen and oxygen atoms in total. The van der Waals surface area contributed by atoms with Crippen molar-refractivity contribution in [2.24, 2.45) is 0 Å². The van der Waals surface area contributed by atoms with Gasteiger partial charge in [-0.25, -0.2) is 4.79 Å². The Morgan fingerprint density at radius 1 is 1.16 bits per heavy atom. The van der Waals surface area contributed by atoms with E-state index < -0.39 is 0 Å². The van der Waals surface area contributed by atoms with Crippen molar-refractivity contribution in [3.63, 3.8) is 0 Å². The van der Waals surface area contributed by atoms with E-state index in [4.69, 9.17) is 9.47 Å². The van der Waals surface area contributed by atoms with Crippen LogP contribution >= 0.6 is 11.3 Å². The van der Waals surface area contributed by atoms with Crippen LogP contribution in [0.15, 0.2) is 35.7 Å². The van der Waals surface area contributed by atoms with E-state index in [0.29, 0.717) is 24.6 Å². The molecule has 1 atom stereocenters. The van der Waals surface area contributed by atoms with E-state index >= 15 is 0 Å². The summed E-state index contributed by atoms with van der Waals surface area (Å²) in [5.74, 6) is 1.31. The highest BCUT2D eigenvalue weighted by Gasteiger charge is 2.16. The number of urea groups is 1. The molecule has 0 aliphatic heterocycles. The lowest BCUT2D eigenvalue weighted by molar-refractivity contribution is 0.233. The minimum absolute atomic E-state index is 0.159. The third-order valence-corrected chi connectivity index (χ3v) is 4.83. The van der Waals surface area contributed by atoms with E-state index in [2.05, 4.69) is 21.6 Å². The zero-order chi connectivity index (χ0) is 18.2. The number of rotatable bonds is 8. The highest BCUT2D eigenvalue weighted by Crippen LogP contribution is 2.27. The molecule has 0 saturated heterocycles. The van der Waals surface area contributed by atoms with Crippen LogP contribution in [0.3, 0.4) is 0 Å². The van der Waals surface area contributed by atoms with Crippen LogP contribution in [-0.4, -0.2) is 45.8 Å². The van der Waals surface area contributed by atoms with Crippen LogP contribution in [-0.2, 0) is 6.54 Å². The molecule has 0 bridgehead atoms. The number of carbonyl (C=O) groups excluding carboxylic acids is 1. The number of thiophene rings is 1. The van der Waals surface area contributed by atoms with Crippen LogP contribution in [0.5, 0.6) is 11.5 Å². The standard InChI is InChI=1S/C18H25N3O3S/c1-21(2)14(17-6-5-9-25-17)12-20-18(22)19-11-13-7-8-15(23-3)16(10-13)24-4/h5-10,14H,11-12H2,1-4H3,(H2,19,20,22). The normalized spacial score (nSPS) is 11.9. The van der Waals surface area contributed by atoms with Gasteiger partial charge in [-0.05, 0) is 43.2 Å². The second-order valence-corrected chi connectivity index (χ2v) is 6.73. The van der Waals surface area contributed by atoms with Crippen LogP contribution in [0.1, 0.15) is 16.5 Å². The molecule has 0 aliphatic rings. The first-order valence-electron chi connectivity index (χ1n) is 7.97. The molecule has 2 rings (SSSR count). The van der Waals surface area contributed by atoms with Crippen LogP contribution < -0.4 is 20.1 Å². The van der Waals surface area contributed by atoms with Crippen molar-refractivity contribution in [1.82, 2.24) is 15.5 Å². The second-order valence-electron chi connectivity index (χ2n) is 5.75. The molecule has 0 saturated carbocycles. The minimum atomic E-state index is -0.196. The van der Waals surface area contributed by atoms with Gasteiger partial charge in [-0.2, -0.15) is 0 Å². The number of ether oxygens (including phenoxy) is 2. The molecule has 2 N–H and O–H groups in total. The van der Waals surface area contributed by atoms with Crippen LogP contribution in [0.4, 0.5) is 4.79 Å². The van der Waals surface area contributed by atoms with Gasteiger partial charge in [0.15, 0.2) is 11.5 Å². The van der Waals surface area contributed by atoms with Gasteiger partial charge in [-0.1, -0.05) is 12.1 Å². The fourth-order valence-electron chi connectivity index (χ4n) is 2.44. The first-order valence-corrected chi connectivity index (χ1v) is 8.85. The Morgan fingerprint density at radius 3 is 2.52 bits per heavy atom. The Hall–Kier alpha value is -2.25. The number of amides is 2. The Balaban J connectivity index is 1.86. The number of likely N-dealkylation sites (N-methyl/N-ethyl adjacent to an activating group) is 1. The fraction of sp³-hybridized carbons (Fsp3) is 0.389. The fourth-order valence-corrected chi connectivity index (χ4v) is 3.37. The van der Waals surface area contributed by atoms with Crippen molar-refractivity contribution in [2.45, 2.75) is 12.6 Å². The zero-order valence-corrected chi connectivity index (χ0v) is 15.9. The van der Waals surface area contributed by atoms with Gasteiger partial charge in [0, 0.05) is 18.0 Å². The summed E-state index contributed by atoms with van der Waals surface area (Å²) in [7, 11) is 7.20. The highest BCUT2D eigenvalue weighted by molar-refractivity contribution is 7.10. The third kappa shape index (κ3) is 5.37. The summed E-state index contributed by atoms with van der Waals surface area (Å²) in [5, 5.41) is 7.84. The maximum atomic E-state index is 12.1. The van der Waals surface area contributed by atoms with Gasteiger partial charge in [0.05, 0.1) is 20.3 Å². The number of hydrogen-bond acceptors (Lipinski definition) is 5. The molecule has 1 aromatic carbocycles. The van der Waals surface area contributed by atoms with Crippen molar-refractivity contribution >= 4 is 17.4 Å². The Kier molecular flexibility index (Phi) is 7.09. The monoisotopic (exact) mass is 363 g/mol. The van der Waals surface area contributed by atoms with Crippen LogP contribution in [0, 0.1) is 0 Å². The molecule has 0 aliphatic carbocycles. The molecular weight excluding hydrogens is 338 g/mol. The van der Waals surface area contributed by atoms with E-state index in [1.165, 1.54) is 4.88 Å². The average molecular weight is 363 g/mol. The summed E-state index contributed by atoms with van der Waals surface area (Å²) in [4.78, 5) is 15.4. The van der Waals surface area contributed by atoms with Gasteiger partial charge in [0.25, 0.3) is 0 Å². The maximum Gasteiger partial charge on any atom is 0.315 e. The van der Waals surface area contributed by atoms with E-state index in [1.807, 2.05) is 43.7 Å². The molecular formula is C18H25N3O3S. The van der Waals surface area contributed by atoms with Crippen molar-refractivity contribution in [1.29, 1.82) is 0 Å². The first kappa shape index (κ1) is 19.1. The van der Waals surface area contributed by atoms with Crippen molar-refractivity contribution in [2.75, 3.05) is 34.9 Å². The zero-order valence-electron chi connectivity index (χ0n) is 15.0. The number of nitrogens with zero attached hydrogens (tertiary/aromatic N) is 1. The largest absolute Gasteiger partial charge is 0.493 e. The summed E-state index contributed by atoms with van der Waals surface area (Å²) in [6.07, 6.45) is 0. The van der Waals surface area contributed by atoms with Crippen molar-refractivity contribution in [3.8, 4) is 11.5 Å². The third-order valence-electron chi connectivity index (χ3n) is 3.85. The van der Waals surface area contributed by atoms with E-state index in [9.17, 15) is 4.79 Å². The van der Waals surface area contributed by atoms with Crippen molar-refractivity contribution in [3.05, 3.63) is 46.2 Å². The van der Waals surface area contributed by atoms with Gasteiger partial charge in [-0.15, -0.1) is 11.3 Å². The van der Waals surface area contributed by atoms with Gasteiger partial charge in [0.1, 0.15) is 0 Å². The SMILES string of the molecule is COc1ccc(CNC(=O)NCC(c2cccs2)N(C)C)cc1OC. The van der Waals surface area contributed by atoms with Gasteiger partial charge < -0.3 is 25.0 Å². The predicted octanol–water partition coefficient (Wildman–Crippen LogP) is 2.87. The average Bonchev–Trinajstić information content (AvgIpc) is 3.13. The maximum absolute atomic E-state index is 12.1. The van der Waals surface area contributed by atoms with Gasteiger partial charge in [0.2, 0.25) is 0 Å². The summed E-state index contributed by atoms with van der Waals surface area (Å²) in [6.45, 7) is 0.961. The van der Waals surface area contributed by atoms with E-state index in [-0.39, 0.29) is 12.1 Å². The van der Waals surface area contributed by atoms with Crippen molar-refractivity contribution < 1.29 is 14.3 Å². The Morgan fingerprint density at radius 2 is 1.92 bits per heavy atom. The molecule has 2 aromatic rings. The number of hydrogen-bond donors (Lipinski definition) is 2. The number of nitrogens with one attached hydrogen (secondary N) is 2. The number of benzene rings is 1. The number of carbonyl (C=O) groups is 1. The quantitative estimate of drug-likeness (QED) is 0.757. The lowest BCUT2D eigenvalue weighted by atomic mass is 10.2. The van der Waals surface area contributed by atoms with E-state index in [0.717, 1.165) is 5.56 Å². The summed E-state index contributed by atoms with van der Waals surface area (Å²) >= 11 is 1.69. The molecule has 0 radical (unpaired) electrons. The predicted molar refractivity (Wildman–Crippen MR) is 101 cm³/mol.